The van der Waals surface area contributed by atoms with Crippen molar-refractivity contribution in [3.8, 4) is 11.5 Å². The van der Waals surface area contributed by atoms with E-state index in [1.54, 1.807) is 6.07 Å². The molecule has 0 spiro atoms. The van der Waals surface area contributed by atoms with Gasteiger partial charge in [-0.2, -0.15) is 0 Å². The summed E-state index contributed by atoms with van der Waals surface area (Å²) in [5, 5.41) is 18.5. The molecule has 7 heteroatoms. The van der Waals surface area contributed by atoms with Crippen LogP contribution >= 0.6 is 0 Å². The number of carboxylic acids is 2. The number of ether oxygens (including phenoxy) is 2. The minimum Gasteiger partial charge on any atom is -0.478 e. The van der Waals surface area contributed by atoms with Crippen molar-refractivity contribution in [2.45, 2.75) is 0 Å². The van der Waals surface area contributed by atoms with E-state index in [1.165, 1.54) is 12.1 Å². The van der Waals surface area contributed by atoms with Crippen LogP contribution in [-0.4, -0.2) is 33.9 Å². The van der Waals surface area contributed by atoms with Gasteiger partial charge in [0.05, 0.1) is 11.1 Å². The van der Waals surface area contributed by atoms with Crippen LogP contribution in [0.25, 0.3) is 10.9 Å². The first-order valence-corrected chi connectivity index (χ1v) is 5.27. The van der Waals surface area contributed by atoms with Crippen LogP contribution in [0.4, 0.5) is 0 Å². The first-order valence-electron chi connectivity index (χ1n) is 5.27. The summed E-state index contributed by atoms with van der Waals surface area (Å²) in [4.78, 5) is 25.9. The van der Waals surface area contributed by atoms with E-state index in [0.717, 1.165) is 0 Å². The smallest absolute Gasteiger partial charge is 0.355 e. The van der Waals surface area contributed by atoms with Crippen molar-refractivity contribution in [1.82, 2.24) is 4.98 Å². The van der Waals surface area contributed by atoms with Crippen molar-refractivity contribution in [2.75, 3.05) is 6.79 Å². The van der Waals surface area contributed by atoms with Crippen LogP contribution < -0.4 is 9.47 Å². The molecule has 0 saturated carbocycles. The quantitative estimate of drug-likeness (QED) is 0.840. The largest absolute Gasteiger partial charge is 0.478 e. The fraction of sp³-hybridized carbons (Fsp3) is 0.0833. The second-order valence-corrected chi connectivity index (χ2v) is 3.89. The van der Waals surface area contributed by atoms with Crippen molar-refractivity contribution in [1.29, 1.82) is 0 Å². The standard InChI is InChI=1S/C12H7NO6/c14-11(15)6-1-5-2-8-9(19-4-18-8)3-7(5)13-10(6)12(16)17/h1-3H,4H2,(H,14,15)(H,16,17). The van der Waals surface area contributed by atoms with Gasteiger partial charge in [-0.25, -0.2) is 14.6 Å². The molecule has 2 aromatic rings. The van der Waals surface area contributed by atoms with Gasteiger partial charge in [0.25, 0.3) is 0 Å². The lowest BCUT2D eigenvalue weighted by atomic mass is 10.1. The van der Waals surface area contributed by atoms with Crippen LogP contribution in [-0.2, 0) is 0 Å². The van der Waals surface area contributed by atoms with Crippen molar-refractivity contribution < 1.29 is 29.3 Å². The molecule has 0 aliphatic carbocycles. The molecule has 0 atom stereocenters. The average Bonchev–Trinajstić information content (AvgIpc) is 2.81. The maximum atomic E-state index is 11.0. The number of benzene rings is 1. The highest BCUT2D eigenvalue weighted by Crippen LogP contribution is 2.35. The lowest BCUT2D eigenvalue weighted by Gasteiger charge is -2.05. The van der Waals surface area contributed by atoms with Crippen molar-refractivity contribution in [3.63, 3.8) is 0 Å². The fourth-order valence-electron chi connectivity index (χ4n) is 1.89. The second-order valence-electron chi connectivity index (χ2n) is 3.89. The molecular weight excluding hydrogens is 254 g/mol. The van der Waals surface area contributed by atoms with Gasteiger partial charge in [0.1, 0.15) is 0 Å². The fourth-order valence-corrected chi connectivity index (χ4v) is 1.89. The van der Waals surface area contributed by atoms with Gasteiger partial charge < -0.3 is 19.7 Å². The van der Waals surface area contributed by atoms with Crippen LogP contribution in [0.1, 0.15) is 20.8 Å². The van der Waals surface area contributed by atoms with E-state index in [2.05, 4.69) is 4.98 Å². The Morgan fingerprint density at radius 2 is 1.74 bits per heavy atom. The number of aromatic nitrogens is 1. The molecule has 2 heterocycles. The van der Waals surface area contributed by atoms with Gasteiger partial charge in [-0.15, -0.1) is 0 Å². The molecule has 96 valence electrons. The highest BCUT2D eigenvalue weighted by molar-refractivity contribution is 6.03. The molecule has 2 N–H and O–H groups in total. The predicted molar refractivity (Wildman–Crippen MR) is 61.8 cm³/mol. The SMILES string of the molecule is O=C(O)c1cc2cc3c(cc2nc1C(=O)O)OCO3. The lowest BCUT2D eigenvalue weighted by molar-refractivity contribution is 0.0647. The summed E-state index contributed by atoms with van der Waals surface area (Å²) in [6.45, 7) is 0.0726. The summed E-state index contributed by atoms with van der Waals surface area (Å²) in [5.74, 6) is -1.80. The first kappa shape index (κ1) is 11.3. The third kappa shape index (κ3) is 1.71. The summed E-state index contributed by atoms with van der Waals surface area (Å²) < 4.78 is 10.3. The Labute approximate surface area is 106 Å². The van der Waals surface area contributed by atoms with Gasteiger partial charge in [-0.05, 0) is 12.1 Å². The van der Waals surface area contributed by atoms with E-state index in [9.17, 15) is 9.59 Å². The monoisotopic (exact) mass is 261 g/mol. The van der Waals surface area contributed by atoms with E-state index in [0.29, 0.717) is 22.4 Å². The maximum absolute atomic E-state index is 11.0. The third-order valence-electron chi connectivity index (χ3n) is 2.74. The predicted octanol–water partition coefficient (Wildman–Crippen LogP) is 1.36. The Balaban J connectivity index is 2.31. The first-order chi connectivity index (χ1) is 9.06. The number of rotatable bonds is 2. The topological polar surface area (TPSA) is 106 Å². The molecule has 0 bridgehead atoms. The number of hydrogen-bond acceptors (Lipinski definition) is 5. The highest BCUT2D eigenvalue weighted by Gasteiger charge is 2.21. The van der Waals surface area contributed by atoms with E-state index < -0.39 is 17.6 Å². The van der Waals surface area contributed by atoms with Gasteiger partial charge in [-0.1, -0.05) is 0 Å². The zero-order valence-corrected chi connectivity index (χ0v) is 9.41. The Morgan fingerprint density at radius 1 is 1.05 bits per heavy atom. The molecule has 1 aliphatic heterocycles. The highest BCUT2D eigenvalue weighted by atomic mass is 16.7. The van der Waals surface area contributed by atoms with Gasteiger partial charge >= 0.3 is 11.9 Å². The zero-order chi connectivity index (χ0) is 13.6. The number of fused-ring (bicyclic) bond motifs is 2. The van der Waals surface area contributed by atoms with Crippen molar-refractivity contribution in [3.05, 3.63) is 29.5 Å². The van der Waals surface area contributed by atoms with E-state index >= 15 is 0 Å². The summed E-state index contributed by atoms with van der Waals surface area (Å²) in [7, 11) is 0. The van der Waals surface area contributed by atoms with E-state index in [1.807, 2.05) is 0 Å². The van der Waals surface area contributed by atoms with Crippen LogP contribution in [0.3, 0.4) is 0 Å². The Hall–Kier alpha value is -2.83. The summed E-state index contributed by atoms with van der Waals surface area (Å²) in [5.41, 5.74) is -0.524. The minimum atomic E-state index is -1.39. The number of pyridine rings is 1. The van der Waals surface area contributed by atoms with Gasteiger partial charge in [0.15, 0.2) is 17.2 Å². The van der Waals surface area contributed by atoms with Crippen LogP contribution in [0, 0.1) is 0 Å². The molecule has 0 unspecified atom stereocenters. The Morgan fingerprint density at radius 3 is 2.37 bits per heavy atom. The third-order valence-corrected chi connectivity index (χ3v) is 2.74. The molecule has 0 saturated heterocycles. The average molecular weight is 261 g/mol. The summed E-state index contributed by atoms with van der Waals surface area (Å²) >= 11 is 0. The van der Waals surface area contributed by atoms with Gasteiger partial charge in [0, 0.05) is 11.5 Å². The zero-order valence-electron chi connectivity index (χ0n) is 9.41. The van der Waals surface area contributed by atoms with Crippen molar-refractivity contribution >= 4 is 22.8 Å². The molecule has 7 nitrogen and oxygen atoms in total. The molecule has 0 radical (unpaired) electrons. The number of nitrogens with zero attached hydrogens (tertiary/aromatic N) is 1. The Bertz CT molecular complexity index is 663. The molecule has 0 amide bonds. The van der Waals surface area contributed by atoms with E-state index in [4.69, 9.17) is 19.7 Å². The summed E-state index contributed by atoms with van der Waals surface area (Å²) in [6.07, 6.45) is 0. The maximum Gasteiger partial charge on any atom is 0.355 e. The molecule has 1 aromatic heterocycles. The Kier molecular flexibility index (Phi) is 2.28. The minimum absolute atomic E-state index is 0.0726. The number of hydrogen-bond donors (Lipinski definition) is 2. The molecule has 0 fully saturated rings. The van der Waals surface area contributed by atoms with Gasteiger partial charge in [-0.3, -0.25) is 0 Å². The lowest BCUT2D eigenvalue weighted by Crippen LogP contribution is -2.10. The molecule has 3 rings (SSSR count). The van der Waals surface area contributed by atoms with Gasteiger partial charge in [0.2, 0.25) is 6.79 Å². The van der Waals surface area contributed by atoms with E-state index in [-0.39, 0.29) is 12.4 Å². The number of carboxylic acid groups (broad SMARTS) is 2. The molecule has 1 aromatic carbocycles. The summed E-state index contributed by atoms with van der Waals surface area (Å²) in [6, 6.07) is 4.36. The number of aromatic carboxylic acids is 2. The number of carbonyl (C=O) groups is 2. The molecular formula is C12H7NO6. The van der Waals surface area contributed by atoms with Crippen LogP contribution in [0.15, 0.2) is 18.2 Å². The molecule has 1 aliphatic rings. The van der Waals surface area contributed by atoms with Crippen molar-refractivity contribution in [2.24, 2.45) is 0 Å². The normalized spacial score (nSPS) is 12.6. The molecule has 19 heavy (non-hydrogen) atoms. The van der Waals surface area contributed by atoms with Crippen LogP contribution in [0.2, 0.25) is 0 Å². The van der Waals surface area contributed by atoms with Crippen LogP contribution in [0.5, 0.6) is 11.5 Å². The second kappa shape index (κ2) is 3.84.